The Morgan fingerprint density at radius 3 is 2.50 bits per heavy atom. The van der Waals surface area contributed by atoms with E-state index in [9.17, 15) is 19.1 Å². The number of rotatable bonds is 8. The monoisotopic (exact) mass is 389 g/mol. The van der Waals surface area contributed by atoms with Gasteiger partial charge in [-0.3, -0.25) is 9.48 Å². The maximum atomic E-state index is 13.4. The number of carboxylic acids is 1. The lowest BCUT2D eigenvalue weighted by molar-refractivity contribution is -0.142. The molecule has 2 N–H and O–H groups in total. The highest BCUT2D eigenvalue weighted by Gasteiger charge is 2.23. The van der Waals surface area contributed by atoms with Gasteiger partial charge in [-0.1, -0.05) is 26.0 Å². The molecule has 2 rings (SSSR count). The van der Waals surface area contributed by atoms with E-state index in [1.807, 2.05) is 18.5 Å². The summed E-state index contributed by atoms with van der Waals surface area (Å²) in [5.74, 6) is -1.51. The van der Waals surface area contributed by atoms with Gasteiger partial charge < -0.3 is 10.4 Å². The molecule has 1 aromatic carbocycles. The molecule has 0 saturated carbocycles. The Hall–Kier alpha value is -2.70. The van der Waals surface area contributed by atoms with Gasteiger partial charge in [0.05, 0.1) is 5.69 Å². The Labute approximate surface area is 164 Å². The molecule has 7 heteroatoms. The van der Waals surface area contributed by atoms with Crippen molar-refractivity contribution < 1.29 is 19.1 Å². The van der Waals surface area contributed by atoms with E-state index < -0.39 is 17.8 Å². The minimum atomic E-state index is -1.21. The molecule has 0 aliphatic carbocycles. The second kappa shape index (κ2) is 8.99. The van der Waals surface area contributed by atoms with E-state index in [0.29, 0.717) is 23.5 Å². The first-order valence-electron chi connectivity index (χ1n) is 9.41. The molecule has 0 radical (unpaired) electrons. The number of hydrogen-bond acceptors (Lipinski definition) is 3. The van der Waals surface area contributed by atoms with Crippen molar-refractivity contribution in [2.24, 2.45) is 5.92 Å². The maximum Gasteiger partial charge on any atom is 0.330 e. The first kappa shape index (κ1) is 21.6. The summed E-state index contributed by atoms with van der Waals surface area (Å²) in [5, 5.41) is 16.6. The molecule has 152 valence electrons. The fourth-order valence-electron chi connectivity index (χ4n) is 3.23. The van der Waals surface area contributed by atoms with Crippen molar-refractivity contribution in [3.63, 3.8) is 0 Å². The number of carbonyl (C=O) groups is 2. The van der Waals surface area contributed by atoms with E-state index in [4.69, 9.17) is 0 Å². The number of aromatic nitrogens is 2. The zero-order valence-electron chi connectivity index (χ0n) is 17.0. The smallest absolute Gasteiger partial charge is 0.330 e. The van der Waals surface area contributed by atoms with E-state index in [1.54, 1.807) is 6.92 Å². The molecule has 0 aliphatic heterocycles. The van der Waals surface area contributed by atoms with Crippen LogP contribution in [0.2, 0.25) is 0 Å². The molecular weight excluding hydrogens is 361 g/mol. The van der Waals surface area contributed by atoms with Gasteiger partial charge in [0, 0.05) is 18.7 Å². The normalized spacial score (nSPS) is 12.2. The molecule has 0 spiro atoms. The Bertz CT molecular complexity index is 874. The highest BCUT2D eigenvalue weighted by atomic mass is 19.1. The standard InChI is InChI=1S/C21H28FN3O3/c1-12(2)11-25-15(5)17(14(4)24-25)7-9-19(26)23-20(21(27)28)16-6-8-18(22)13(3)10-16/h6,8,10,12,20H,7,9,11H2,1-5H3,(H,23,26)(H,27,28). The van der Waals surface area contributed by atoms with Crippen molar-refractivity contribution in [1.82, 2.24) is 15.1 Å². The van der Waals surface area contributed by atoms with E-state index in [1.165, 1.54) is 18.2 Å². The van der Waals surface area contributed by atoms with Gasteiger partial charge in [-0.05, 0) is 55.9 Å². The molecule has 0 saturated heterocycles. The number of aliphatic carboxylic acids is 1. The minimum absolute atomic E-state index is 0.152. The quantitative estimate of drug-likeness (QED) is 0.724. The molecule has 0 fully saturated rings. The summed E-state index contributed by atoms with van der Waals surface area (Å²) >= 11 is 0. The SMILES string of the molecule is Cc1cc(C(NC(=O)CCc2c(C)nn(CC(C)C)c2C)C(=O)O)ccc1F. The van der Waals surface area contributed by atoms with E-state index in [0.717, 1.165) is 23.5 Å². The Kier molecular flexibility index (Phi) is 6.94. The molecule has 28 heavy (non-hydrogen) atoms. The van der Waals surface area contributed by atoms with Crippen LogP contribution in [0.1, 0.15) is 54.4 Å². The summed E-state index contributed by atoms with van der Waals surface area (Å²) < 4.78 is 15.4. The largest absolute Gasteiger partial charge is 0.479 e. The third-order valence-corrected chi connectivity index (χ3v) is 4.74. The first-order valence-corrected chi connectivity index (χ1v) is 9.41. The predicted octanol–water partition coefficient (Wildman–Crippen LogP) is 3.48. The predicted molar refractivity (Wildman–Crippen MR) is 105 cm³/mol. The maximum absolute atomic E-state index is 13.4. The molecule has 0 bridgehead atoms. The highest BCUT2D eigenvalue weighted by molar-refractivity contribution is 5.84. The molecular formula is C21H28FN3O3. The highest BCUT2D eigenvalue weighted by Crippen LogP contribution is 2.19. The average Bonchev–Trinajstić information content (AvgIpc) is 2.86. The lowest BCUT2D eigenvalue weighted by atomic mass is 10.0. The van der Waals surface area contributed by atoms with Gasteiger partial charge >= 0.3 is 5.97 Å². The van der Waals surface area contributed by atoms with Crippen molar-refractivity contribution in [3.05, 3.63) is 52.1 Å². The van der Waals surface area contributed by atoms with Crippen LogP contribution in [0.3, 0.4) is 0 Å². The van der Waals surface area contributed by atoms with Gasteiger partial charge in [0.15, 0.2) is 6.04 Å². The van der Waals surface area contributed by atoms with E-state index in [-0.39, 0.29) is 12.3 Å². The molecule has 1 heterocycles. The lowest BCUT2D eigenvalue weighted by Crippen LogP contribution is -2.34. The van der Waals surface area contributed by atoms with Gasteiger partial charge in [-0.2, -0.15) is 5.10 Å². The second-order valence-corrected chi connectivity index (χ2v) is 7.57. The van der Waals surface area contributed by atoms with Crippen molar-refractivity contribution in [2.75, 3.05) is 0 Å². The fourth-order valence-corrected chi connectivity index (χ4v) is 3.23. The van der Waals surface area contributed by atoms with Crippen molar-refractivity contribution in [3.8, 4) is 0 Å². The zero-order valence-corrected chi connectivity index (χ0v) is 17.0. The van der Waals surface area contributed by atoms with Crippen LogP contribution < -0.4 is 5.32 Å². The summed E-state index contributed by atoms with van der Waals surface area (Å²) in [4.78, 5) is 24.0. The van der Waals surface area contributed by atoms with Crippen LogP contribution in [0, 0.1) is 32.5 Å². The number of benzene rings is 1. The minimum Gasteiger partial charge on any atom is -0.479 e. The van der Waals surface area contributed by atoms with Crippen LogP contribution >= 0.6 is 0 Å². The summed E-state index contributed by atoms with van der Waals surface area (Å²) in [6.45, 7) is 10.5. The van der Waals surface area contributed by atoms with Gasteiger partial charge in [-0.25, -0.2) is 9.18 Å². The van der Waals surface area contributed by atoms with E-state index in [2.05, 4.69) is 24.3 Å². The first-order chi connectivity index (χ1) is 13.1. The van der Waals surface area contributed by atoms with Gasteiger partial charge in [0.2, 0.25) is 5.91 Å². The van der Waals surface area contributed by atoms with Gasteiger partial charge in [-0.15, -0.1) is 0 Å². The van der Waals surface area contributed by atoms with Crippen LogP contribution in [-0.4, -0.2) is 26.8 Å². The number of aryl methyl sites for hydroxylation is 2. The summed E-state index contributed by atoms with van der Waals surface area (Å²) in [7, 11) is 0. The number of nitrogens with zero attached hydrogens (tertiary/aromatic N) is 2. The van der Waals surface area contributed by atoms with Crippen molar-refractivity contribution in [2.45, 2.75) is 60.0 Å². The Morgan fingerprint density at radius 1 is 1.25 bits per heavy atom. The fraction of sp³-hybridized carbons (Fsp3) is 0.476. The molecule has 1 atom stereocenters. The van der Waals surface area contributed by atoms with Crippen LogP contribution in [0.5, 0.6) is 0 Å². The zero-order chi connectivity index (χ0) is 21.0. The van der Waals surface area contributed by atoms with Gasteiger partial charge in [0.25, 0.3) is 0 Å². The van der Waals surface area contributed by atoms with Crippen LogP contribution in [0.25, 0.3) is 0 Å². The second-order valence-electron chi connectivity index (χ2n) is 7.57. The van der Waals surface area contributed by atoms with Gasteiger partial charge in [0.1, 0.15) is 5.82 Å². The molecule has 6 nitrogen and oxygen atoms in total. The number of hydrogen-bond donors (Lipinski definition) is 2. The molecule has 1 aromatic heterocycles. The molecule has 1 unspecified atom stereocenters. The number of halogens is 1. The Balaban J connectivity index is 2.07. The van der Waals surface area contributed by atoms with E-state index >= 15 is 0 Å². The van der Waals surface area contributed by atoms with Crippen LogP contribution in [0.15, 0.2) is 18.2 Å². The molecule has 0 aliphatic rings. The topological polar surface area (TPSA) is 84.2 Å². The van der Waals surface area contributed by atoms with Crippen LogP contribution in [-0.2, 0) is 22.6 Å². The third kappa shape index (κ3) is 5.18. The van der Waals surface area contributed by atoms with Crippen LogP contribution in [0.4, 0.5) is 4.39 Å². The number of carbonyl (C=O) groups excluding carboxylic acids is 1. The van der Waals surface area contributed by atoms with Crippen molar-refractivity contribution >= 4 is 11.9 Å². The summed E-state index contributed by atoms with van der Waals surface area (Å²) in [6.07, 6.45) is 0.634. The average molecular weight is 389 g/mol. The lowest BCUT2D eigenvalue weighted by Gasteiger charge is -2.16. The molecule has 2 aromatic rings. The number of amides is 1. The Morgan fingerprint density at radius 2 is 1.93 bits per heavy atom. The summed E-state index contributed by atoms with van der Waals surface area (Å²) in [6, 6.07) is 2.82. The van der Waals surface area contributed by atoms with Crippen molar-refractivity contribution in [1.29, 1.82) is 0 Å². The number of carboxylic acid groups (broad SMARTS) is 1. The molecule has 1 amide bonds. The number of nitrogens with one attached hydrogen (secondary N) is 1. The third-order valence-electron chi connectivity index (χ3n) is 4.74. The summed E-state index contributed by atoms with van der Waals surface area (Å²) in [5.41, 5.74) is 3.61.